The molecule has 1 unspecified atom stereocenters. The van der Waals surface area contributed by atoms with Crippen molar-refractivity contribution in [1.29, 1.82) is 0 Å². The molecular formula is C33H34N2O7S. The molecule has 1 aromatic heterocycles. The van der Waals surface area contributed by atoms with Crippen molar-refractivity contribution < 1.29 is 32.3 Å². The summed E-state index contributed by atoms with van der Waals surface area (Å²) < 4.78 is 38.9. The zero-order valence-corrected chi connectivity index (χ0v) is 24.9. The van der Waals surface area contributed by atoms with Crippen molar-refractivity contribution in [3.05, 3.63) is 90.1 Å². The topological polar surface area (TPSA) is 121 Å². The second kappa shape index (κ2) is 12.8. The molecule has 224 valence electrons. The van der Waals surface area contributed by atoms with E-state index in [1.54, 1.807) is 12.1 Å². The molecule has 0 radical (unpaired) electrons. The van der Waals surface area contributed by atoms with E-state index in [0.717, 1.165) is 42.1 Å². The molecule has 4 aromatic rings. The Morgan fingerprint density at radius 2 is 1.70 bits per heavy atom. The van der Waals surface area contributed by atoms with Gasteiger partial charge < -0.3 is 19.4 Å². The number of hydrogen-bond acceptors (Lipinski definition) is 7. The molecule has 0 spiro atoms. The van der Waals surface area contributed by atoms with Crippen LogP contribution >= 0.6 is 0 Å². The lowest BCUT2D eigenvalue weighted by Gasteiger charge is -2.17. The number of Topliss-reactive ketones (excluding diaryl/α,β-unsaturated/α-hetero) is 1. The molecule has 1 aliphatic carbocycles. The lowest BCUT2D eigenvalue weighted by atomic mass is 10.0. The van der Waals surface area contributed by atoms with Crippen LogP contribution in [0.4, 0.5) is 5.69 Å². The summed E-state index contributed by atoms with van der Waals surface area (Å²) >= 11 is 0. The SMILES string of the molecule is COC(=O)C(C(=O)c1ccc(Cn2ccc3ccc(NC(=O)CC4CCCC4)cc32)c(OC)c1)S(=O)(=O)c1ccccc1. The fourth-order valence-electron chi connectivity index (χ4n) is 5.68. The van der Waals surface area contributed by atoms with Crippen LogP contribution in [0.5, 0.6) is 5.75 Å². The van der Waals surface area contributed by atoms with E-state index in [4.69, 9.17) is 9.47 Å². The minimum Gasteiger partial charge on any atom is -0.496 e. The number of ether oxygens (including phenoxy) is 2. The normalized spacial score (nSPS) is 14.4. The van der Waals surface area contributed by atoms with Crippen LogP contribution in [-0.4, -0.2) is 50.1 Å². The van der Waals surface area contributed by atoms with Crippen LogP contribution in [0.15, 0.2) is 83.9 Å². The number of sulfone groups is 1. The first-order valence-electron chi connectivity index (χ1n) is 14.2. The van der Waals surface area contributed by atoms with Crippen LogP contribution in [0.1, 0.15) is 48.0 Å². The monoisotopic (exact) mass is 602 g/mol. The van der Waals surface area contributed by atoms with Crippen LogP contribution in [0.25, 0.3) is 10.9 Å². The Morgan fingerprint density at radius 3 is 2.40 bits per heavy atom. The molecule has 0 bridgehead atoms. The summed E-state index contributed by atoms with van der Waals surface area (Å²) in [5.41, 5.74) is 2.35. The van der Waals surface area contributed by atoms with E-state index in [1.807, 2.05) is 35.0 Å². The minimum atomic E-state index is -4.37. The molecule has 1 saturated carbocycles. The van der Waals surface area contributed by atoms with E-state index < -0.39 is 26.8 Å². The van der Waals surface area contributed by atoms with Gasteiger partial charge in [-0.25, -0.2) is 8.42 Å². The number of nitrogens with one attached hydrogen (secondary N) is 1. The Bertz CT molecular complexity index is 1760. The molecule has 1 amide bonds. The third-order valence-electron chi connectivity index (χ3n) is 7.95. The first-order valence-corrected chi connectivity index (χ1v) is 15.7. The smallest absolute Gasteiger partial charge is 0.332 e. The summed E-state index contributed by atoms with van der Waals surface area (Å²) in [7, 11) is -1.88. The van der Waals surface area contributed by atoms with Gasteiger partial charge in [-0.2, -0.15) is 0 Å². The predicted octanol–water partition coefficient (Wildman–Crippen LogP) is 5.42. The van der Waals surface area contributed by atoms with Gasteiger partial charge in [-0.3, -0.25) is 14.4 Å². The summed E-state index contributed by atoms with van der Waals surface area (Å²) in [5, 5.41) is 1.96. The average molecular weight is 603 g/mol. The molecule has 1 heterocycles. The van der Waals surface area contributed by atoms with Gasteiger partial charge in [-0.1, -0.05) is 49.2 Å². The molecule has 1 atom stereocenters. The fourth-order valence-corrected chi connectivity index (χ4v) is 7.26. The number of anilines is 1. The maximum atomic E-state index is 13.5. The van der Waals surface area contributed by atoms with Crippen molar-refractivity contribution in [3.8, 4) is 5.75 Å². The van der Waals surface area contributed by atoms with Crippen LogP contribution < -0.4 is 10.1 Å². The Balaban J connectivity index is 1.39. The third kappa shape index (κ3) is 6.49. The maximum absolute atomic E-state index is 13.5. The molecule has 0 saturated heterocycles. The van der Waals surface area contributed by atoms with Gasteiger partial charge in [0, 0.05) is 29.4 Å². The van der Waals surface area contributed by atoms with E-state index in [1.165, 1.54) is 56.3 Å². The van der Waals surface area contributed by atoms with Gasteiger partial charge in [0.2, 0.25) is 11.2 Å². The number of methoxy groups -OCH3 is 2. The minimum absolute atomic E-state index is 0.000122. The van der Waals surface area contributed by atoms with Crippen molar-refractivity contribution in [3.63, 3.8) is 0 Å². The van der Waals surface area contributed by atoms with Crippen molar-refractivity contribution >= 4 is 44.1 Å². The van der Waals surface area contributed by atoms with E-state index in [2.05, 4.69) is 5.32 Å². The highest BCUT2D eigenvalue weighted by Crippen LogP contribution is 2.30. The first-order chi connectivity index (χ1) is 20.7. The lowest BCUT2D eigenvalue weighted by molar-refractivity contribution is -0.139. The fraction of sp³-hybridized carbons (Fsp3) is 0.303. The molecule has 3 aromatic carbocycles. The summed E-state index contributed by atoms with van der Waals surface area (Å²) in [5.74, 6) is -1.25. The van der Waals surface area contributed by atoms with Gasteiger partial charge >= 0.3 is 5.97 Å². The zero-order chi connectivity index (χ0) is 30.6. The van der Waals surface area contributed by atoms with Gasteiger partial charge in [0.25, 0.3) is 0 Å². The predicted molar refractivity (Wildman–Crippen MR) is 163 cm³/mol. The summed E-state index contributed by atoms with van der Waals surface area (Å²) in [6.45, 7) is 0.378. The Morgan fingerprint density at radius 1 is 0.953 bits per heavy atom. The van der Waals surface area contributed by atoms with Gasteiger partial charge in [0.05, 0.1) is 31.2 Å². The van der Waals surface area contributed by atoms with Crippen molar-refractivity contribution in [2.75, 3.05) is 19.5 Å². The molecule has 1 N–H and O–H groups in total. The number of aromatic nitrogens is 1. The number of hydrogen-bond donors (Lipinski definition) is 1. The van der Waals surface area contributed by atoms with Crippen LogP contribution in [0, 0.1) is 5.92 Å². The number of nitrogens with zero attached hydrogens (tertiary/aromatic N) is 1. The zero-order valence-electron chi connectivity index (χ0n) is 24.1. The molecule has 5 rings (SSSR count). The molecule has 1 aliphatic rings. The van der Waals surface area contributed by atoms with E-state index in [9.17, 15) is 22.8 Å². The van der Waals surface area contributed by atoms with Crippen LogP contribution in [-0.2, 0) is 30.7 Å². The molecule has 1 fully saturated rings. The Kier molecular flexibility index (Phi) is 8.96. The number of carbonyl (C=O) groups excluding carboxylic acids is 3. The summed E-state index contributed by atoms with van der Waals surface area (Å²) in [6.07, 6.45) is 7.04. The van der Waals surface area contributed by atoms with Gasteiger partial charge in [0.1, 0.15) is 5.75 Å². The third-order valence-corrected chi connectivity index (χ3v) is 9.91. The molecule has 0 aliphatic heterocycles. The molecule has 9 nitrogen and oxygen atoms in total. The largest absolute Gasteiger partial charge is 0.496 e. The maximum Gasteiger partial charge on any atom is 0.332 e. The van der Waals surface area contributed by atoms with Gasteiger partial charge in [-0.05, 0) is 60.5 Å². The van der Waals surface area contributed by atoms with Crippen molar-refractivity contribution in [1.82, 2.24) is 4.57 Å². The summed E-state index contributed by atoms with van der Waals surface area (Å²) in [6, 6.07) is 19.7. The summed E-state index contributed by atoms with van der Waals surface area (Å²) in [4.78, 5) is 38.6. The van der Waals surface area contributed by atoms with Crippen molar-refractivity contribution in [2.24, 2.45) is 5.92 Å². The first kappa shape index (κ1) is 30.0. The highest BCUT2D eigenvalue weighted by Gasteiger charge is 2.42. The highest BCUT2D eigenvalue weighted by atomic mass is 32.2. The Hall–Kier alpha value is -4.44. The number of benzene rings is 3. The van der Waals surface area contributed by atoms with Gasteiger partial charge in [-0.15, -0.1) is 0 Å². The quantitative estimate of drug-likeness (QED) is 0.138. The number of rotatable bonds is 11. The lowest BCUT2D eigenvalue weighted by Crippen LogP contribution is -2.39. The molecular weight excluding hydrogens is 568 g/mol. The molecule has 43 heavy (non-hydrogen) atoms. The van der Waals surface area contributed by atoms with Crippen molar-refractivity contribution in [2.45, 2.75) is 48.8 Å². The van der Waals surface area contributed by atoms with Crippen LogP contribution in [0.2, 0.25) is 0 Å². The second-order valence-electron chi connectivity index (χ2n) is 10.8. The average Bonchev–Trinajstić information content (AvgIpc) is 3.67. The molecule has 10 heteroatoms. The number of fused-ring (bicyclic) bond motifs is 1. The van der Waals surface area contributed by atoms with Gasteiger partial charge in [0.15, 0.2) is 15.6 Å². The standard InChI is InChI=1S/C33H34N2O7S/c1-41-29-19-24(31(37)32(33(38)42-2)43(39,40)27-10-4-3-5-11-27)12-13-25(29)21-35-17-16-23-14-15-26(20-28(23)35)34-30(36)18-22-8-6-7-9-22/h3-5,10-17,19-20,22,32H,6-9,18,21H2,1-2H3,(H,34,36). The van der Waals surface area contributed by atoms with E-state index in [-0.39, 0.29) is 16.4 Å². The number of amides is 1. The second-order valence-corrected chi connectivity index (χ2v) is 12.8. The van der Waals surface area contributed by atoms with E-state index >= 15 is 0 Å². The highest BCUT2D eigenvalue weighted by molar-refractivity contribution is 7.93. The van der Waals surface area contributed by atoms with Crippen LogP contribution in [0.3, 0.4) is 0 Å². The number of esters is 1. The van der Waals surface area contributed by atoms with E-state index in [0.29, 0.717) is 24.6 Å². The Labute approximate surface area is 250 Å². The number of ketones is 1. The number of carbonyl (C=O) groups is 3.